The van der Waals surface area contributed by atoms with Crippen LogP contribution < -0.4 is 14.9 Å². The fraction of sp³-hybridized carbons (Fsp3) is 0.188. The Morgan fingerprint density at radius 2 is 2.04 bits per heavy atom. The summed E-state index contributed by atoms with van der Waals surface area (Å²) in [6.07, 6.45) is 4.81. The average molecular weight is 358 g/mol. The molecule has 0 fully saturated rings. The lowest BCUT2D eigenvalue weighted by Gasteiger charge is -2.29. The van der Waals surface area contributed by atoms with Crippen molar-refractivity contribution in [2.24, 2.45) is 15.9 Å². The van der Waals surface area contributed by atoms with Crippen molar-refractivity contribution in [2.75, 3.05) is 13.7 Å². The van der Waals surface area contributed by atoms with Gasteiger partial charge in [0.25, 0.3) is 11.8 Å². The maximum Gasteiger partial charge on any atom is 0.276 e. The number of ether oxygens (including phenoxy) is 2. The Hall–Kier alpha value is -3.07. The molecule has 0 saturated heterocycles. The number of amidine groups is 1. The molecule has 128 valence electrons. The third kappa shape index (κ3) is 3.72. The number of nitrogens with zero attached hydrogens (tertiary/aromatic N) is 3. The molecular weight excluding hydrogens is 344 g/mol. The third-order valence-corrected chi connectivity index (χ3v) is 3.70. The van der Waals surface area contributed by atoms with Crippen molar-refractivity contribution < 1.29 is 19.1 Å². The molecule has 2 amide bonds. The minimum absolute atomic E-state index is 0.0681. The van der Waals surface area contributed by atoms with E-state index in [1.165, 1.54) is 6.21 Å². The molecule has 2 aliphatic heterocycles. The Labute approximate surface area is 148 Å². The zero-order chi connectivity index (χ0) is 17.8. The molecule has 0 aromatic heterocycles. The van der Waals surface area contributed by atoms with Crippen LogP contribution in [0.3, 0.4) is 0 Å². The van der Waals surface area contributed by atoms with E-state index >= 15 is 0 Å². The summed E-state index contributed by atoms with van der Waals surface area (Å²) >= 11 is 5.05. The second-order valence-corrected chi connectivity index (χ2v) is 5.43. The predicted molar refractivity (Wildman–Crippen MR) is 94.6 cm³/mol. The molecule has 1 aromatic rings. The average Bonchev–Trinajstić information content (AvgIpc) is 2.64. The van der Waals surface area contributed by atoms with Crippen LogP contribution in [-0.4, -0.2) is 47.7 Å². The van der Waals surface area contributed by atoms with Crippen molar-refractivity contribution in [3.05, 3.63) is 36.4 Å². The van der Waals surface area contributed by atoms with Gasteiger partial charge in [-0.2, -0.15) is 5.01 Å². The number of dihydropyridines is 1. The van der Waals surface area contributed by atoms with Gasteiger partial charge in [-0.3, -0.25) is 15.0 Å². The van der Waals surface area contributed by atoms with Crippen LogP contribution in [-0.2, 0) is 9.59 Å². The van der Waals surface area contributed by atoms with Gasteiger partial charge in [0.2, 0.25) is 5.11 Å². The number of thiocarbonyl (C=S) groups is 1. The van der Waals surface area contributed by atoms with Gasteiger partial charge in [0.15, 0.2) is 6.61 Å². The quantitative estimate of drug-likeness (QED) is 0.789. The summed E-state index contributed by atoms with van der Waals surface area (Å²) in [6.45, 7) is -0.284. The number of benzene rings is 1. The Kier molecular flexibility index (Phi) is 4.85. The van der Waals surface area contributed by atoms with Crippen molar-refractivity contribution in [2.45, 2.75) is 0 Å². The number of fused-ring (bicyclic) bond motifs is 1. The van der Waals surface area contributed by atoms with Crippen LogP contribution >= 0.6 is 12.2 Å². The topological polar surface area (TPSA) is 92.6 Å². The minimum Gasteiger partial charge on any atom is -0.497 e. The first kappa shape index (κ1) is 16.8. The molecular formula is C16H14N4O4S. The van der Waals surface area contributed by atoms with E-state index < -0.39 is 17.7 Å². The largest absolute Gasteiger partial charge is 0.497 e. The van der Waals surface area contributed by atoms with E-state index in [-0.39, 0.29) is 11.7 Å². The van der Waals surface area contributed by atoms with E-state index in [2.05, 4.69) is 15.4 Å². The number of carbonyl (C=O) groups is 2. The van der Waals surface area contributed by atoms with Gasteiger partial charge in [-0.1, -0.05) is 6.08 Å². The highest BCUT2D eigenvalue weighted by Gasteiger charge is 2.35. The molecule has 3 rings (SSSR count). The number of carbonyl (C=O) groups excluding carboxylic acids is 2. The highest BCUT2D eigenvalue weighted by Crippen LogP contribution is 2.18. The second kappa shape index (κ2) is 7.22. The van der Waals surface area contributed by atoms with Crippen molar-refractivity contribution in [1.82, 2.24) is 10.4 Å². The van der Waals surface area contributed by atoms with E-state index in [0.717, 1.165) is 5.01 Å². The lowest BCUT2D eigenvalue weighted by atomic mass is 10.0. The lowest BCUT2D eigenvalue weighted by Crippen LogP contribution is -2.55. The summed E-state index contributed by atoms with van der Waals surface area (Å²) in [7, 11) is 1.56. The standard InChI is InChI=1S/C16H14N4O4S/c1-23-10-4-6-11(7-5-10)24-9-13(21)19-20-15(22)12-3-2-8-17-14(12)18-16(20)25/h2-8,12H,9H2,1H3,(H,19,21). The predicted octanol–water partition coefficient (Wildman–Crippen LogP) is 0.888. The van der Waals surface area contributed by atoms with E-state index in [1.807, 2.05) is 0 Å². The molecule has 25 heavy (non-hydrogen) atoms. The van der Waals surface area contributed by atoms with Crippen LogP contribution in [0.15, 0.2) is 46.4 Å². The second-order valence-electron chi connectivity index (χ2n) is 5.07. The van der Waals surface area contributed by atoms with Crippen molar-refractivity contribution >= 4 is 41.2 Å². The number of hydrogen-bond acceptors (Lipinski definition) is 6. The molecule has 2 aliphatic rings. The molecule has 0 spiro atoms. The van der Waals surface area contributed by atoms with Gasteiger partial charge < -0.3 is 9.47 Å². The number of nitrogens with one attached hydrogen (secondary N) is 1. The first-order chi connectivity index (χ1) is 12.1. The zero-order valence-corrected chi connectivity index (χ0v) is 14.0. The first-order valence-electron chi connectivity index (χ1n) is 7.32. The molecule has 0 radical (unpaired) electrons. The van der Waals surface area contributed by atoms with Gasteiger partial charge in [-0.15, -0.1) is 0 Å². The number of methoxy groups -OCH3 is 1. The van der Waals surface area contributed by atoms with Gasteiger partial charge in [-0.25, -0.2) is 9.98 Å². The molecule has 0 bridgehead atoms. The van der Waals surface area contributed by atoms with Crippen molar-refractivity contribution in [1.29, 1.82) is 0 Å². The van der Waals surface area contributed by atoms with Crippen LogP contribution in [0.5, 0.6) is 11.5 Å². The van der Waals surface area contributed by atoms with Gasteiger partial charge in [-0.05, 0) is 42.6 Å². The Balaban J connectivity index is 1.59. The van der Waals surface area contributed by atoms with Crippen LogP contribution in [0.2, 0.25) is 0 Å². The zero-order valence-electron chi connectivity index (χ0n) is 13.2. The van der Waals surface area contributed by atoms with E-state index in [1.54, 1.807) is 43.5 Å². The number of hydrazine groups is 1. The monoisotopic (exact) mass is 358 g/mol. The highest BCUT2D eigenvalue weighted by atomic mass is 32.1. The van der Waals surface area contributed by atoms with Crippen LogP contribution in [0, 0.1) is 5.92 Å². The molecule has 0 aliphatic carbocycles. The maximum absolute atomic E-state index is 12.4. The van der Waals surface area contributed by atoms with Gasteiger partial charge >= 0.3 is 0 Å². The first-order valence-corrected chi connectivity index (χ1v) is 7.73. The van der Waals surface area contributed by atoms with Crippen LogP contribution in [0.4, 0.5) is 0 Å². The number of amides is 2. The maximum atomic E-state index is 12.4. The van der Waals surface area contributed by atoms with Crippen molar-refractivity contribution in [3.63, 3.8) is 0 Å². The van der Waals surface area contributed by atoms with E-state index in [0.29, 0.717) is 17.3 Å². The summed E-state index contributed by atoms with van der Waals surface area (Å²) in [6, 6.07) is 6.76. The molecule has 1 N–H and O–H groups in total. The molecule has 9 heteroatoms. The number of allylic oxidation sites excluding steroid dienone is 1. The number of hydrogen-bond donors (Lipinski definition) is 1. The Morgan fingerprint density at radius 3 is 2.76 bits per heavy atom. The summed E-state index contributed by atoms with van der Waals surface area (Å²) in [4.78, 5) is 32.5. The van der Waals surface area contributed by atoms with Crippen molar-refractivity contribution in [3.8, 4) is 11.5 Å². The minimum atomic E-state index is -0.653. The lowest BCUT2D eigenvalue weighted by molar-refractivity contribution is -0.138. The molecule has 1 aromatic carbocycles. The summed E-state index contributed by atoms with van der Waals surface area (Å²) in [5.74, 6) is -0.113. The smallest absolute Gasteiger partial charge is 0.276 e. The van der Waals surface area contributed by atoms with Crippen LogP contribution in [0.1, 0.15) is 0 Å². The fourth-order valence-corrected chi connectivity index (χ4v) is 2.43. The van der Waals surface area contributed by atoms with Gasteiger partial charge in [0.05, 0.1) is 7.11 Å². The molecule has 1 atom stereocenters. The van der Waals surface area contributed by atoms with Gasteiger partial charge in [0.1, 0.15) is 23.3 Å². The molecule has 0 saturated carbocycles. The highest BCUT2D eigenvalue weighted by molar-refractivity contribution is 7.80. The number of rotatable bonds is 5. The fourth-order valence-electron chi connectivity index (χ4n) is 2.20. The Morgan fingerprint density at radius 1 is 1.32 bits per heavy atom. The SMILES string of the molecule is COc1ccc(OCC(=O)NN2C(=O)C3C=CC=NC3=NC2=S)cc1. The third-order valence-electron chi connectivity index (χ3n) is 3.43. The van der Waals surface area contributed by atoms with E-state index in [4.69, 9.17) is 21.7 Å². The number of aliphatic imine (C=N–C) groups is 2. The van der Waals surface area contributed by atoms with Gasteiger partial charge in [0, 0.05) is 6.21 Å². The van der Waals surface area contributed by atoms with Crippen LogP contribution in [0.25, 0.3) is 0 Å². The Bertz CT molecular complexity index is 801. The summed E-state index contributed by atoms with van der Waals surface area (Å²) in [5, 5.41) is 0.871. The molecule has 1 unspecified atom stereocenters. The molecule has 8 nitrogen and oxygen atoms in total. The van der Waals surface area contributed by atoms with E-state index in [9.17, 15) is 9.59 Å². The summed E-state index contributed by atoms with van der Waals surface area (Å²) in [5.41, 5.74) is 2.41. The summed E-state index contributed by atoms with van der Waals surface area (Å²) < 4.78 is 10.4. The molecule has 2 heterocycles. The normalized spacial score (nSPS) is 18.5.